The van der Waals surface area contributed by atoms with E-state index in [1.165, 1.54) is 6.08 Å². The number of carbonyl (C=O) groups is 3. The molecule has 1 fully saturated rings. The molecule has 7 nitrogen and oxygen atoms in total. The molecule has 2 aromatic rings. The molecular formula is C27H31N3O4. The fraction of sp³-hybridized carbons (Fsp3) is 0.370. The average Bonchev–Trinajstić information content (AvgIpc) is 2.79. The number of urea groups is 1. The van der Waals surface area contributed by atoms with Crippen molar-refractivity contribution in [3.8, 4) is 5.75 Å². The molecule has 2 aromatic carbocycles. The van der Waals surface area contributed by atoms with Crippen LogP contribution in [0.2, 0.25) is 0 Å². The number of fused-ring (bicyclic) bond motifs is 1. The van der Waals surface area contributed by atoms with Crippen molar-refractivity contribution in [1.29, 1.82) is 0 Å². The quantitative estimate of drug-likeness (QED) is 0.508. The largest absolute Gasteiger partial charge is 0.496 e. The number of ether oxygens (including phenoxy) is 1. The Morgan fingerprint density at radius 3 is 2.50 bits per heavy atom. The van der Waals surface area contributed by atoms with Gasteiger partial charge in [0.25, 0.3) is 11.8 Å². The fourth-order valence-electron chi connectivity index (χ4n) is 5.09. The molecule has 2 aliphatic rings. The van der Waals surface area contributed by atoms with Gasteiger partial charge in [-0.1, -0.05) is 32.0 Å². The maximum absolute atomic E-state index is 13.3. The van der Waals surface area contributed by atoms with Gasteiger partial charge >= 0.3 is 6.03 Å². The van der Waals surface area contributed by atoms with Crippen molar-refractivity contribution in [2.24, 2.45) is 0 Å². The molecule has 1 N–H and O–H groups in total. The van der Waals surface area contributed by atoms with Gasteiger partial charge in [0.05, 0.1) is 12.8 Å². The van der Waals surface area contributed by atoms with Crippen molar-refractivity contribution < 1.29 is 19.1 Å². The Hall–Kier alpha value is -3.61. The van der Waals surface area contributed by atoms with Crippen molar-refractivity contribution in [1.82, 2.24) is 5.32 Å². The van der Waals surface area contributed by atoms with Crippen LogP contribution in [0.5, 0.6) is 5.75 Å². The molecule has 4 rings (SSSR count). The second-order valence-corrected chi connectivity index (χ2v) is 9.52. The molecular weight excluding hydrogens is 430 g/mol. The molecule has 7 heteroatoms. The van der Waals surface area contributed by atoms with Crippen LogP contribution in [0.1, 0.15) is 57.6 Å². The minimum Gasteiger partial charge on any atom is -0.496 e. The molecule has 2 heterocycles. The summed E-state index contributed by atoms with van der Waals surface area (Å²) in [5.41, 5.74) is 3.18. The van der Waals surface area contributed by atoms with E-state index in [0.29, 0.717) is 22.9 Å². The monoisotopic (exact) mass is 461 g/mol. The van der Waals surface area contributed by atoms with E-state index in [1.807, 2.05) is 12.1 Å². The molecule has 0 radical (unpaired) electrons. The summed E-state index contributed by atoms with van der Waals surface area (Å²) in [6.07, 6.45) is 3.53. The molecule has 0 aromatic heterocycles. The number of rotatable bonds is 5. The number of nitrogens with zero attached hydrogens (tertiary/aromatic N) is 2. The van der Waals surface area contributed by atoms with Gasteiger partial charge in [-0.25, -0.2) is 9.69 Å². The van der Waals surface area contributed by atoms with Gasteiger partial charge < -0.3 is 9.64 Å². The number of imide groups is 2. The average molecular weight is 462 g/mol. The zero-order valence-electron chi connectivity index (χ0n) is 20.3. The molecule has 0 spiro atoms. The number of anilines is 2. The predicted octanol–water partition coefficient (Wildman–Crippen LogP) is 4.86. The van der Waals surface area contributed by atoms with E-state index in [4.69, 9.17) is 4.74 Å². The summed E-state index contributed by atoms with van der Waals surface area (Å²) < 4.78 is 5.69. The van der Waals surface area contributed by atoms with Gasteiger partial charge in [0.2, 0.25) is 0 Å². The van der Waals surface area contributed by atoms with Crippen LogP contribution in [-0.4, -0.2) is 37.0 Å². The predicted molar refractivity (Wildman–Crippen MR) is 133 cm³/mol. The molecule has 0 aliphatic carbocycles. The van der Waals surface area contributed by atoms with Crippen LogP contribution in [0.4, 0.5) is 16.2 Å². The first-order valence-electron chi connectivity index (χ1n) is 11.6. The molecule has 0 saturated carbocycles. The van der Waals surface area contributed by atoms with Crippen LogP contribution >= 0.6 is 0 Å². The van der Waals surface area contributed by atoms with Crippen molar-refractivity contribution in [2.45, 2.75) is 52.0 Å². The summed E-state index contributed by atoms with van der Waals surface area (Å²) in [6.45, 7) is 9.79. The Morgan fingerprint density at radius 2 is 1.85 bits per heavy atom. The molecule has 1 atom stereocenters. The highest BCUT2D eigenvalue weighted by Crippen LogP contribution is 2.46. The molecule has 34 heavy (non-hydrogen) atoms. The van der Waals surface area contributed by atoms with Crippen LogP contribution in [-0.2, 0) is 9.59 Å². The van der Waals surface area contributed by atoms with E-state index in [9.17, 15) is 14.4 Å². The standard InChI is InChI=1S/C27H31N3O4/c1-6-12-29-22-15-23(34-5)18(13-20(22)17(2)16-27(29,3)4)14-21-24(31)28-26(33)30(25(21)32)19-10-8-7-9-11-19/h7-11,13-15,17H,6,12,16H2,1-5H3,(H,28,31,33)/b21-14-. The first-order chi connectivity index (χ1) is 16.2. The lowest BCUT2D eigenvalue weighted by atomic mass is 9.79. The molecule has 178 valence electrons. The highest BCUT2D eigenvalue weighted by molar-refractivity contribution is 6.39. The maximum Gasteiger partial charge on any atom is 0.335 e. The second kappa shape index (κ2) is 8.97. The Bertz CT molecular complexity index is 1170. The van der Waals surface area contributed by atoms with E-state index >= 15 is 0 Å². The molecule has 2 aliphatic heterocycles. The van der Waals surface area contributed by atoms with Crippen molar-refractivity contribution >= 4 is 35.3 Å². The second-order valence-electron chi connectivity index (χ2n) is 9.52. The summed E-state index contributed by atoms with van der Waals surface area (Å²) in [5.74, 6) is -0.522. The Labute approximate surface area is 200 Å². The fourth-order valence-corrected chi connectivity index (χ4v) is 5.09. The molecule has 4 amide bonds. The molecule has 1 unspecified atom stereocenters. The third-order valence-electron chi connectivity index (χ3n) is 6.60. The van der Waals surface area contributed by atoms with Gasteiger partial charge in [0, 0.05) is 29.4 Å². The minimum atomic E-state index is -0.762. The summed E-state index contributed by atoms with van der Waals surface area (Å²) in [4.78, 5) is 41.8. The number of hydrogen-bond donors (Lipinski definition) is 1. The van der Waals surface area contributed by atoms with Gasteiger partial charge in [-0.05, 0) is 62.4 Å². The van der Waals surface area contributed by atoms with Crippen molar-refractivity contribution in [2.75, 3.05) is 23.5 Å². The maximum atomic E-state index is 13.3. The van der Waals surface area contributed by atoms with Gasteiger partial charge in [-0.2, -0.15) is 0 Å². The Kier molecular flexibility index (Phi) is 6.21. The van der Waals surface area contributed by atoms with Gasteiger partial charge in [0.1, 0.15) is 11.3 Å². The zero-order valence-corrected chi connectivity index (χ0v) is 20.3. The van der Waals surface area contributed by atoms with E-state index in [2.05, 4.69) is 37.9 Å². The number of hydrogen-bond acceptors (Lipinski definition) is 5. The highest BCUT2D eigenvalue weighted by atomic mass is 16.5. The van der Waals surface area contributed by atoms with E-state index in [0.717, 1.165) is 35.5 Å². The van der Waals surface area contributed by atoms with E-state index < -0.39 is 17.8 Å². The van der Waals surface area contributed by atoms with Crippen LogP contribution in [0.3, 0.4) is 0 Å². The highest BCUT2D eigenvalue weighted by Gasteiger charge is 2.38. The molecule has 0 bridgehead atoms. The number of para-hydroxylation sites is 1. The van der Waals surface area contributed by atoms with E-state index in [-0.39, 0.29) is 11.1 Å². The minimum absolute atomic E-state index is 0.00316. The first kappa shape index (κ1) is 23.5. The number of carbonyl (C=O) groups excluding carboxylic acids is 3. The third-order valence-corrected chi connectivity index (χ3v) is 6.60. The van der Waals surface area contributed by atoms with Crippen molar-refractivity contribution in [3.05, 3.63) is 59.2 Å². The summed E-state index contributed by atoms with van der Waals surface area (Å²) in [7, 11) is 1.58. The van der Waals surface area contributed by atoms with Gasteiger partial charge in [-0.3, -0.25) is 14.9 Å². The molecule has 1 saturated heterocycles. The lowest BCUT2D eigenvalue weighted by molar-refractivity contribution is -0.122. The van der Waals surface area contributed by atoms with E-state index in [1.54, 1.807) is 37.4 Å². The number of barbiturate groups is 1. The van der Waals surface area contributed by atoms with Gasteiger partial charge in [0.15, 0.2) is 0 Å². The summed E-state index contributed by atoms with van der Waals surface area (Å²) in [5, 5.41) is 2.28. The number of benzene rings is 2. The lowest BCUT2D eigenvalue weighted by Crippen LogP contribution is -2.54. The Balaban J connectivity index is 1.81. The Morgan fingerprint density at radius 1 is 1.15 bits per heavy atom. The summed E-state index contributed by atoms with van der Waals surface area (Å²) in [6, 6.07) is 11.8. The third kappa shape index (κ3) is 4.06. The van der Waals surface area contributed by atoms with Crippen molar-refractivity contribution in [3.63, 3.8) is 0 Å². The first-order valence-corrected chi connectivity index (χ1v) is 11.6. The normalized spacial score (nSPS) is 20.9. The van der Waals surface area contributed by atoms with Crippen LogP contribution in [0.25, 0.3) is 6.08 Å². The van der Waals surface area contributed by atoms with Crippen LogP contribution < -0.4 is 19.9 Å². The lowest BCUT2D eigenvalue weighted by Gasteiger charge is -2.48. The SMILES string of the molecule is CCCN1c2cc(OC)c(/C=C3/C(=O)NC(=O)N(c4ccccc4)C3=O)cc2C(C)CC1(C)C. The summed E-state index contributed by atoms with van der Waals surface area (Å²) >= 11 is 0. The smallest absolute Gasteiger partial charge is 0.335 e. The van der Waals surface area contributed by atoms with Crippen LogP contribution in [0, 0.1) is 0 Å². The number of methoxy groups -OCH3 is 1. The zero-order chi connectivity index (χ0) is 24.6. The topological polar surface area (TPSA) is 79.0 Å². The number of amides is 4. The number of nitrogens with one attached hydrogen (secondary N) is 1. The van der Waals surface area contributed by atoms with Crippen LogP contribution in [0.15, 0.2) is 48.0 Å². The van der Waals surface area contributed by atoms with Gasteiger partial charge in [-0.15, -0.1) is 0 Å².